The largest absolute Gasteiger partial charge is 0.479 e. The molecule has 0 fully saturated rings. The summed E-state index contributed by atoms with van der Waals surface area (Å²) in [6.07, 6.45) is 4.24. The fourth-order valence-electron chi connectivity index (χ4n) is 1.29. The molecule has 0 amide bonds. The van der Waals surface area contributed by atoms with Gasteiger partial charge in [-0.05, 0) is 13.3 Å². The molecule has 0 radical (unpaired) electrons. The second-order valence-electron chi connectivity index (χ2n) is 3.20. The summed E-state index contributed by atoms with van der Waals surface area (Å²) >= 11 is 0. The SMILES string of the molecule is CCCC(C)(C(=O)O)n1cnnc1. The molecule has 0 aliphatic carbocycles. The summed E-state index contributed by atoms with van der Waals surface area (Å²) in [4.78, 5) is 11.0. The Hall–Kier alpha value is -1.39. The van der Waals surface area contributed by atoms with Gasteiger partial charge in [0.25, 0.3) is 0 Å². The Balaban J connectivity index is 2.98. The maximum absolute atomic E-state index is 11.0. The lowest BCUT2D eigenvalue weighted by Crippen LogP contribution is -2.38. The van der Waals surface area contributed by atoms with E-state index in [0.717, 1.165) is 6.42 Å². The van der Waals surface area contributed by atoms with Crippen LogP contribution in [0.1, 0.15) is 26.7 Å². The highest BCUT2D eigenvalue weighted by Gasteiger charge is 2.33. The van der Waals surface area contributed by atoms with E-state index in [1.807, 2.05) is 6.92 Å². The highest BCUT2D eigenvalue weighted by atomic mass is 16.4. The molecule has 5 nitrogen and oxygen atoms in total. The molecular weight excluding hydrogens is 170 g/mol. The number of carboxylic acids is 1. The van der Waals surface area contributed by atoms with Crippen LogP contribution in [0.2, 0.25) is 0 Å². The summed E-state index contributed by atoms with van der Waals surface area (Å²) < 4.78 is 1.53. The first kappa shape index (κ1) is 9.70. The molecule has 0 saturated carbocycles. The summed E-state index contributed by atoms with van der Waals surface area (Å²) in [5.41, 5.74) is -0.918. The van der Waals surface area contributed by atoms with Crippen LogP contribution in [-0.2, 0) is 10.3 Å². The predicted octanol–water partition coefficient (Wildman–Crippen LogP) is 0.878. The van der Waals surface area contributed by atoms with E-state index in [9.17, 15) is 4.79 Å². The minimum Gasteiger partial charge on any atom is -0.479 e. The van der Waals surface area contributed by atoms with Crippen LogP contribution in [0.4, 0.5) is 0 Å². The van der Waals surface area contributed by atoms with Crippen molar-refractivity contribution >= 4 is 5.97 Å². The van der Waals surface area contributed by atoms with E-state index in [1.54, 1.807) is 6.92 Å². The number of nitrogens with zero attached hydrogens (tertiary/aromatic N) is 3. The van der Waals surface area contributed by atoms with Gasteiger partial charge in [-0.2, -0.15) is 0 Å². The Morgan fingerprint density at radius 1 is 1.54 bits per heavy atom. The highest BCUT2D eigenvalue weighted by molar-refractivity contribution is 5.76. The molecule has 0 saturated heterocycles. The third-order valence-corrected chi connectivity index (χ3v) is 2.19. The molecule has 0 spiro atoms. The predicted molar refractivity (Wildman–Crippen MR) is 46.2 cm³/mol. The molecule has 0 aliphatic heterocycles. The minimum atomic E-state index is -0.918. The molecule has 1 unspecified atom stereocenters. The van der Waals surface area contributed by atoms with Crippen molar-refractivity contribution in [3.05, 3.63) is 12.7 Å². The maximum Gasteiger partial charge on any atom is 0.329 e. The first-order valence-electron chi connectivity index (χ1n) is 4.19. The van der Waals surface area contributed by atoms with Crippen LogP contribution in [0.25, 0.3) is 0 Å². The molecule has 0 aliphatic rings. The summed E-state index contributed by atoms with van der Waals surface area (Å²) in [7, 11) is 0. The molecule has 0 aromatic carbocycles. The second kappa shape index (κ2) is 3.55. The van der Waals surface area contributed by atoms with Crippen LogP contribution < -0.4 is 0 Å². The van der Waals surface area contributed by atoms with Gasteiger partial charge in [-0.3, -0.25) is 0 Å². The average Bonchev–Trinajstić information content (AvgIpc) is 2.56. The molecule has 1 N–H and O–H groups in total. The van der Waals surface area contributed by atoms with Gasteiger partial charge in [0, 0.05) is 0 Å². The van der Waals surface area contributed by atoms with Crippen molar-refractivity contribution in [2.75, 3.05) is 0 Å². The Morgan fingerprint density at radius 2 is 2.08 bits per heavy atom. The number of rotatable bonds is 4. The maximum atomic E-state index is 11.0. The van der Waals surface area contributed by atoms with Crippen molar-refractivity contribution in [1.82, 2.24) is 14.8 Å². The highest BCUT2D eigenvalue weighted by Crippen LogP contribution is 2.21. The van der Waals surface area contributed by atoms with Crippen LogP contribution in [0, 0.1) is 0 Å². The zero-order chi connectivity index (χ0) is 9.90. The molecule has 1 aromatic rings. The summed E-state index contributed by atoms with van der Waals surface area (Å²) in [6, 6.07) is 0. The topological polar surface area (TPSA) is 68.0 Å². The van der Waals surface area contributed by atoms with Crippen LogP contribution in [0.3, 0.4) is 0 Å². The third-order valence-electron chi connectivity index (χ3n) is 2.19. The van der Waals surface area contributed by atoms with Crippen molar-refractivity contribution in [3.8, 4) is 0 Å². The lowest BCUT2D eigenvalue weighted by Gasteiger charge is -2.24. The standard InChI is InChI=1S/C8H13N3O2/c1-3-4-8(2,7(12)13)11-5-9-10-6-11/h5-6H,3-4H2,1-2H3,(H,12,13). The zero-order valence-electron chi connectivity index (χ0n) is 7.77. The van der Waals surface area contributed by atoms with Crippen molar-refractivity contribution in [2.45, 2.75) is 32.2 Å². The Morgan fingerprint density at radius 3 is 2.46 bits per heavy atom. The number of carbonyl (C=O) groups is 1. The fourth-order valence-corrected chi connectivity index (χ4v) is 1.29. The quantitative estimate of drug-likeness (QED) is 0.752. The van der Waals surface area contributed by atoms with Crippen molar-refractivity contribution in [3.63, 3.8) is 0 Å². The molecule has 0 bridgehead atoms. The number of hydrogen-bond acceptors (Lipinski definition) is 3. The first-order valence-corrected chi connectivity index (χ1v) is 4.19. The molecule has 5 heteroatoms. The van der Waals surface area contributed by atoms with Crippen LogP contribution in [0.15, 0.2) is 12.7 Å². The van der Waals surface area contributed by atoms with Crippen molar-refractivity contribution in [2.24, 2.45) is 0 Å². The Labute approximate surface area is 76.4 Å². The number of aromatic nitrogens is 3. The summed E-state index contributed by atoms with van der Waals surface area (Å²) in [5, 5.41) is 16.3. The smallest absolute Gasteiger partial charge is 0.329 e. The number of hydrogen-bond donors (Lipinski definition) is 1. The van der Waals surface area contributed by atoms with Gasteiger partial charge >= 0.3 is 5.97 Å². The molecule has 1 rings (SSSR count). The first-order chi connectivity index (χ1) is 6.11. The average molecular weight is 183 g/mol. The van der Waals surface area contributed by atoms with E-state index in [1.165, 1.54) is 17.2 Å². The normalized spacial score (nSPS) is 15.2. The monoisotopic (exact) mass is 183 g/mol. The number of carboxylic acid groups (broad SMARTS) is 1. The molecule has 13 heavy (non-hydrogen) atoms. The lowest BCUT2D eigenvalue weighted by molar-refractivity contribution is -0.147. The fraction of sp³-hybridized carbons (Fsp3) is 0.625. The molecule has 1 atom stereocenters. The van der Waals surface area contributed by atoms with Crippen LogP contribution in [-0.4, -0.2) is 25.8 Å². The van der Waals surface area contributed by atoms with Gasteiger partial charge in [0.2, 0.25) is 0 Å². The van der Waals surface area contributed by atoms with Gasteiger partial charge < -0.3 is 9.67 Å². The van der Waals surface area contributed by atoms with Gasteiger partial charge in [0.15, 0.2) is 0 Å². The van der Waals surface area contributed by atoms with Crippen molar-refractivity contribution < 1.29 is 9.90 Å². The van der Waals surface area contributed by atoms with Crippen LogP contribution in [0.5, 0.6) is 0 Å². The van der Waals surface area contributed by atoms with Gasteiger partial charge in [0.1, 0.15) is 18.2 Å². The third kappa shape index (κ3) is 1.68. The summed E-state index contributed by atoms with van der Waals surface area (Å²) in [6.45, 7) is 3.62. The number of aliphatic carboxylic acids is 1. The molecule has 72 valence electrons. The van der Waals surface area contributed by atoms with E-state index in [4.69, 9.17) is 5.11 Å². The van der Waals surface area contributed by atoms with E-state index in [-0.39, 0.29) is 0 Å². The van der Waals surface area contributed by atoms with Gasteiger partial charge in [-0.15, -0.1) is 10.2 Å². The lowest BCUT2D eigenvalue weighted by atomic mass is 9.96. The van der Waals surface area contributed by atoms with E-state index in [2.05, 4.69) is 10.2 Å². The van der Waals surface area contributed by atoms with Gasteiger partial charge in [-0.25, -0.2) is 4.79 Å². The van der Waals surface area contributed by atoms with Gasteiger partial charge in [-0.1, -0.05) is 13.3 Å². The van der Waals surface area contributed by atoms with Crippen LogP contribution >= 0.6 is 0 Å². The van der Waals surface area contributed by atoms with E-state index in [0.29, 0.717) is 6.42 Å². The van der Waals surface area contributed by atoms with E-state index < -0.39 is 11.5 Å². The van der Waals surface area contributed by atoms with Gasteiger partial charge in [0.05, 0.1) is 0 Å². The molecule has 1 heterocycles. The molecular formula is C8H13N3O2. The molecule has 1 aromatic heterocycles. The van der Waals surface area contributed by atoms with E-state index >= 15 is 0 Å². The minimum absolute atomic E-state index is 0.570. The zero-order valence-corrected chi connectivity index (χ0v) is 7.77. The Kier molecular flexibility index (Phi) is 2.65. The van der Waals surface area contributed by atoms with Crippen molar-refractivity contribution in [1.29, 1.82) is 0 Å². The second-order valence-corrected chi connectivity index (χ2v) is 3.20. The Bertz CT molecular complexity index is 284. The summed E-state index contributed by atoms with van der Waals surface area (Å²) in [5.74, 6) is -0.853.